The van der Waals surface area contributed by atoms with E-state index in [0.29, 0.717) is 0 Å². The number of hydrogen-bond acceptors (Lipinski definition) is 1. The van der Waals surface area contributed by atoms with Gasteiger partial charge in [-0.2, -0.15) is 0 Å². The molecule has 0 unspecified atom stereocenters. The van der Waals surface area contributed by atoms with Crippen LogP contribution in [0.5, 0.6) is 0 Å². The Balaban J connectivity index is 0. The zero-order valence-electron chi connectivity index (χ0n) is 11.9. The Kier molecular flexibility index (Phi) is 22.1. The fourth-order valence-electron chi connectivity index (χ4n) is 1.72. The van der Waals surface area contributed by atoms with E-state index in [1.54, 1.807) is 0 Å². The molecule has 0 aliphatic rings. The molecule has 0 fully saturated rings. The second kappa shape index (κ2) is 18.3. The van der Waals surface area contributed by atoms with Gasteiger partial charge >= 0.3 is 0 Å². The fraction of sp³-hybridized carbons (Fsp3) is 1.00. The van der Waals surface area contributed by atoms with Crippen molar-refractivity contribution < 1.29 is 4.74 Å². The standard InChI is InChI=1S/C14H30O.Na/c1-3-5-7-9-11-13-15-14-12-10-8-6-4-2;/h3-14H2,1-2H3;. The van der Waals surface area contributed by atoms with Gasteiger partial charge in [0.15, 0.2) is 0 Å². The minimum Gasteiger partial charge on any atom is -0.381 e. The van der Waals surface area contributed by atoms with Gasteiger partial charge in [-0.05, 0) is 12.8 Å². The second-order valence-electron chi connectivity index (χ2n) is 4.44. The van der Waals surface area contributed by atoms with Crippen LogP contribution in [0.4, 0.5) is 0 Å². The topological polar surface area (TPSA) is 9.23 Å². The minimum atomic E-state index is 0. The van der Waals surface area contributed by atoms with E-state index in [1.165, 1.54) is 64.2 Å². The van der Waals surface area contributed by atoms with E-state index >= 15 is 0 Å². The first-order valence-corrected chi connectivity index (χ1v) is 6.99. The molecule has 0 spiro atoms. The molecule has 0 rings (SSSR count). The molecule has 0 aromatic heterocycles. The Bertz CT molecular complexity index is 94.9. The van der Waals surface area contributed by atoms with Gasteiger partial charge in [0.05, 0.1) is 0 Å². The number of hydrogen-bond donors (Lipinski definition) is 0. The molecule has 0 N–H and O–H groups in total. The molecule has 2 heteroatoms. The molecule has 0 amide bonds. The van der Waals surface area contributed by atoms with Crippen LogP contribution in [0.15, 0.2) is 0 Å². The summed E-state index contributed by atoms with van der Waals surface area (Å²) < 4.78 is 5.59. The van der Waals surface area contributed by atoms with Crippen LogP contribution < -0.4 is 0 Å². The van der Waals surface area contributed by atoms with E-state index in [4.69, 9.17) is 4.74 Å². The molecule has 0 aromatic rings. The smallest absolute Gasteiger partial charge is 0.0466 e. The van der Waals surface area contributed by atoms with Crippen molar-refractivity contribution in [1.29, 1.82) is 0 Å². The van der Waals surface area contributed by atoms with Gasteiger partial charge in [0, 0.05) is 42.8 Å². The Labute approximate surface area is 125 Å². The van der Waals surface area contributed by atoms with Crippen LogP contribution in [0.1, 0.15) is 78.1 Å². The van der Waals surface area contributed by atoms with Crippen LogP contribution in [0.25, 0.3) is 0 Å². The first-order chi connectivity index (χ1) is 7.41. The third kappa shape index (κ3) is 17.4. The van der Waals surface area contributed by atoms with Gasteiger partial charge in [0.2, 0.25) is 0 Å². The second-order valence-corrected chi connectivity index (χ2v) is 4.44. The van der Waals surface area contributed by atoms with Gasteiger partial charge in [-0.1, -0.05) is 65.2 Å². The maximum Gasteiger partial charge on any atom is 0.0466 e. The van der Waals surface area contributed by atoms with Crippen molar-refractivity contribution in [2.24, 2.45) is 0 Å². The molecule has 0 atom stereocenters. The quantitative estimate of drug-likeness (QED) is 0.357. The van der Waals surface area contributed by atoms with E-state index in [9.17, 15) is 0 Å². The van der Waals surface area contributed by atoms with E-state index in [2.05, 4.69) is 13.8 Å². The zero-order chi connectivity index (χ0) is 11.2. The van der Waals surface area contributed by atoms with Crippen LogP contribution in [0, 0.1) is 0 Å². The van der Waals surface area contributed by atoms with Gasteiger partial charge < -0.3 is 4.74 Å². The summed E-state index contributed by atoms with van der Waals surface area (Å²) in [5.74, 6) is 0. The Hall–Kier alpha value is 0.960. The van der Waals surface area contributed by atoms with Gasteiger partial charge in [0.1, 0.15) is 0 Å². The molecular weight excluding hydrogens is 207 g/mol. The Morgan fingerprint density at radius 1 is 0.562 bits per heavy atom. The monoisotopic (exact) mass is 237 g/mol. The summed E-state index contributed by atoms with van der Waals surface area (Å²) >= 11 is 0. The zero-order valence-corrected chi connectivity index (χ0v) is 13.9. The fourth-order valence-corrected chi connectivity index (χ4v) is 1.72. The third-order valence-corrected chi connectivity index (χ3v) is 2.78. The molecule has 0 saturated heterocycles. The molecule has 0 heterocycles. The van der Waals surface area contributed by atoms with Crippen molar-refractivity contribution in [3.63, 3.8) is 0 Å². The number of unbranched alkanes of at least 4 members (excludes halogenated alkanes) is 8. The van der Waals surface area contributed by atoms with Crippen molar-refractivity contribution in [2.75, 3.05) is 13.2 Å². The molecule has 16 heavy (non-hydrogen) atoms. The average molecular weight is 237 g/mol. The maximum atomic E-state index is 5.59. The molecule has 1 nitrogen and oxygen atoms in total. The number of rotatable bonds is 12. The molecular formula is C14H30NaO. The molecule has 0 aromatic carbocycles. The molecule has 1 radical (unpaired) electrons. The molecule has 0 bridgehead atoms. The summed E-state index contributed by atoms with van der Waals surface area (Å²) in [6, 6.07) is 0. The van der Waals surface area contributed by atoms with E-state index < -0.39 is 0 Å². The SMILES string of the molecule is CCCCCCCOCCCCCCC.[Na]. The summed E-state index contributed by atoms with van der Waals surface area (Å²) in [7, 11) is 0. The van der Waals surface area contributed by atoms with Crippen molar-refractivity contribution in [3.05, 3.63) is 0 Å². The van der Waals surface area contributed by atoms with Crippen LogP contribution in [-0.4, -0.2) is 42.8 Å². The van der Waals surface area contributed by atoms with Gasteiger partial charge in [0.25, 0.3) is 0 Å². The maximum absolute atomic E-state index is 5.59. The van der Waals surface area contributed by atoms with E-state index in [1.807, 2.05) is 0 Å². The predicted octanol–water partition coefficient (Wildman–Crippen LogP) is 4.56. The molecule has 93 valence electrons. The van der Waals surface area contributed by atoms with Crippen LogP contribution in [0.3, 0.4) is 0 Å². The first-order valence-electron chi connectivity index (χ1n) is 6.99. The summed E-state index contributed by atoms with van der Waals surface area (Å²) in [5, 5.41) is 0. The normalized spacial score (nSPS) is 10.1. The van der Waals surface area contributed by atoms with Crippen molar-refractivity contribution in [2.45, 2.75) is 78.1 Å². The van der Waals surface area contributed by atoms with Crippen molar-refractivity contribution in [1.82, 2.24) is 0 Å². The van der Waals surface area contributed by atoms with Crippen molar-refractivity contribution in [3.8, 4) is 0 Å². The average Bonchev–Trinajstić information content (AvgIpc) is 2.26. The number of ether oxygens (including phenoxy) is 1. The Morgan fingerprint density at radius 3 is 1.31 bits per heavy atom. The molecule has 0 aliphatic carbocycles. The van der Waals surface area contributed by atoms with Crippen LogP contribution in [0.2, 0.25) is 0 Å². The summed E-state index contributed by atoms with van der Waals surface area (Å²) in [6.45, 7) is 6.48. The summed E-state index contributed by atoms with van der Waals surface area (Å²) in [5.41, 5.74) is 0. The largest absolute Gasteiger partial charge is 0.381 e. The Morgan fingerprint density at radius 2 is 0.938 bits per heavy atom. The van der Waals surface area contributed by atoms with E-state index in [0.717, 1.165) is 13.2 Å². The van der Waals surface area contributed by atoms with Crippen LogP contribution >= 0.6 is 0 Å². The van der Waals surface area contributed by atoms with E-state index in [-0.39, 0.29) is 29.6 Å². The minimum absolute atomic E-state index is 0. The van der Waals surface area contributed by atoms with Crippen LogP contribution in [-0.2, 0) is 4.74 Å². The molecule has 0 aliphatic heterocycles. The van der Waals surface area contributed by atoms with Gasteiger partial charge in [-0.3, -0.25) is 0 Å². The van der Waals surface area contributed by atoms with Gasteiger partial charge in [-0.25, -0.2) is 0 Å². The third-order valence-electron chi connectivity index (χ3n) is 2.78. The predicted molar refractivity (Wildman–Crippen MR) is 74.1 cm³/mol. The summed E-state index contributed by atoms with van der Waals surface area (Å²) in [6.07, 6.45) is 13.4. The first kappa shape index (κ1) is 19.3. The summed E-state index contributed by atoms with van der Waals surface area (Å²) in [4.78, 5) is 0. The van der Waals surface area contributed by atoms with Crippen molar-refractivity contribution >= 4 is 29.6 Å². The van der Waals surface area contributed by atoms with Gasteiger partial charge in [-0.15, -0.1) is 0 Å². The molecule has 0 saturated carbocycles.